The number of aryl methyl sites for hydroxylation is 1. The van der Waals surface area contributed by atoms with Gasteiger partial charge in [-0.2, -0.15) is 0 Å². The van der Waals surface area contributed by atoms with Gasteiger partial charge in [-0.05, 0) is 41.6 Å². The number of rotatable bonds is 6. The molecular formula is C17H15N5O2S. The fourth-order valence-electron chi connectivity index (χ4n) is 2.35. The standard InChI is InChI=1S/C17H15N5O2S/c1-12-15(18-16(24-12)13-6-3-2-4-7-13)11-25-17-19-20-21-22(17)10-14-8-5-9-23-14/h2-9H,10-11H2,1H3. The fraction of sp³-hybridized carbons (Fsp3) is 0.176. The van der Waals surface area contributed by atoms with Crippen LogP contribution in [-0.2, 0) is 12.3 Å². The van der Waals surface area contributed by atoms with Gasteiger partial charge in [0.2, 0.25) is 11.0 Å². The number of hydrogen-bond acceptors (Lipinski definition) is 7. The van der Waals surface area contributed by atoms with Gasteiger partial charge in [-0.1, -0.05) is 30.0 Å². The zero-order valence-corrected chi connectivity index (χ0v) is 14.3. The zero-order chi connectivity index (χ0) is 17.1. The molecule has 126 valence electrons. The average Bonchev–Trinajstić information content (AvgIpc) is 3.37. The van der Waals surface area contributed by atoms with Crippen LogP contribution in [0.15, 0.2) is 62.7 Å². The molecule has 7 nitrogen and oxygen atoms in total. The average molecular weight is 353 g/mol. The van der Waals surface area contributed by atoms with Gasteiger partial charge >= 0.3 is 0 Å². The van der Waals surface area contributed by atoms with Gasteiger partial charge in [-0.15, -0.1) is 5.10 Å². The summed E-state index contributed by atoms with van der Waals surface area (Å²) in [6.45, 7) is 2.41. The van der Waals surface area contributed by atoms with E-state index in [0.717, 1.165) is 22.8 Å². The molecule has 0 radical (unpaired) electrons. The van der Waals surface area contributed by atoms with Crippen molar-refractivity contribution in [2.75, 3.05) is 0 Å². The summed E-state index contributed by atoms with van der Waals surface area (Å²) in [4.78, 5) is 4.60. The minimum Gasteiger partial charge on any atom is -0.467 e. The van der Waals surface area contributed by atoms with Crippen molar-refractivity contribution in [2.24, 2.45) is 0 Å². The van der Waals surface area contributed by atoms with Gasteiger partial charge in [0.05, 0.1) is 12.0 Å². The molecule has 4 rings (SSSR count). The first-order chi connectivity index (χ1) is 12.3. The minimum atomic E-state index is 0.495. The quantitative estimate of drug-likeness (QED) is 0.490. The van der Waals surface area contributed by atoms with Crippen LogP contribution in [0.3, 0.4) is 0 Å². The van der Waals surface area contributed by atoms with Crippen molar-refractivity contribution in [3.8, 4) is 11.5 Å². The van der Waals surface area contributed by atoms with E-state index in [9.17, 15) is 0 Å². The van der Waals surface area contributed by atoms with Gasteiger partial charge in [0.25, 0.3) is 0 Å². The number of oxazole rings is 1. The molecule has 3 heterocycles. The van der Waals surface area contributed by atoms with Crippen LogP contribution in [0.4, 0.5) is 0 Å². The summed E-state index contributed by atoms with van der Waals surface area (Å²) in [5.74, 6) is 2.86. The molecule has 0 saturated heterocycles. The molecule has 0 atom stereocenters. The second-order valence-electron chi connectivity index (χ2n) is 5.38. The summed E-state index contributed by atoms with van der Waals surface area (Å²) in [5, 5.41) is 12.5. The predicted octanol–water partition coefficient (Wildman–Crippen LogP) is 3.57. The van der Waals surface area contributed by atoms with Gasteiger partial charge in [0.1, 0.15) is 18.1 Å². The van der Waals surface area contributed by atoms with Crippen molar-refractivity contribution in [1.29, 1.82) is 0 Å². The van der Waals surface area contributed by atoms with Crippen molar-refractivity contribution in [2.45, 2.75) is 24.4 Å². The topological polar surface area (TPSA) is 82.8 Å². The monoisotopic (exact) mass is 353 g/mol. The first kappa shape index (κ1) is 15.6. The number of hydrogen-bond donors (Lipinski definition) is 0. The normalized spacial score (nSPS) is 11.1. The minimum absolute atomic E-state index is 0.495. The molecule has 0 spiro atoms. The molecule has 0 aliphatic heterocycles. The van der Waals surface area contributed by atoms with Crippen LogP contribution in [-0.4, -0.2) is 25.2 Å². The van der Waals surface area contributed by atoms with E-state index >= 15 is 0 Å². The number of tetrazole rings is 1. The highest BCUT2D eigenvalue weighted by Gasteiger charge is 2.14. The Bertz CT molecular complexity index is 947. The Labute approximate surface area is 148 Å². The Morgan fingerprint density at radius 3 is 2.80 bits per heavy atom. The maximum atomic E-state index is 5.79. The third-order valence-electron chi connectivity index (χ3n) is 3.64. The molecular weight excluding hydrogens is 338 g/mol. The van der Waals surface area contributed by atoms with Crippen molar-refractivity contribution in [3.05, 3.63) is 65.9 Å². The van der Waals surface area contributed by atoms with E-state index < -0.39 is 0 Å². The van der Waals surface area contributed by atoms with Crippen LogP contribution in [0.2, 0.25) is 0 Å². The highest BCUT2D eigenvalue weighted by Crippen LogP contribution is 2.26. The summed E-state index contributed by atoms with van der Waals surface area (Å²) in [5.41, 5.74) is 1.85. The van der Waals surface area contributed by atoms with Gasteiger partial charge in [-0.25, -0.2) is 9.67 Å². The molecule has 0 fully saturated rings. The molecule has 0 aliphatic rings. The van der Waals surface area contributed by atoms with Gasteiger partial charge in [0.15, 0.2) is 0 Å². The Morgan fingerprint density at radius 2 is 2.00 bits per heavy atom. The van der Waals surface area contributed by atoms with Crippen LogP contribution in [0.1, 0.15) is 17.2 Å². The maximum Gasteiger partial charge on any atom is 0.226 e. The lowest BCUT2D eigenvalue weighted by Crippen LogP contribution is -2.03. The van der Waals surface area contributed by atoms with E-state index in [0.29, 0.717) is 23.3 Å². The number of furan rings is 1. The molecule has 4 aromatic rings. The fourth-order valence-corrected chi connectivity index (χ4v) is 3.23. The first-order valence-electron chi connectivity index (χ1n) is 7.72. The smallest absolute Gasteiger partial charge is 0.226 e. The molecule has 25 heavy (non-hydrogen) atoms. The molecule has 0 aliphatic carbocycles. The molecule has 1 aromatic carbocycles. The maximum absolute atomic E-state index is 5.79. The summed E-state index contributed by atoms with van der Waals surface area (Å²) in [6, 6.07) is 13.6. The predicted molar refractivity (Wildman–Crippen MR) is 91.9 cm³/mol. The lowest BCUT2D eigenvalue weighted by Gasteiger charge is -2.01. The first-order valence-corrected chi connectivity index (χ1v) is 8.71. The van der Waals surface area contributed by atoms with E-state index in [2.05, 4.69) is 20.5 Å². The van der Waals surface area contributed by atoms with Crippen LogP contribution >= 0.6 is 11.8 Å². The lowest BCUT2D eigenvalue weighted by atomic mass is 10.2. The third kappa shape index (κ3) is 3.48. The largest absolute Gasteiger partial charge is 0.467 e. The highest BCUT2D eigenvalue weighted by molar-refractivity contribution is 7.98. The second kappa shape index (κ2) is 6.94. The molecule has 0 N–H and O–H groups in total. The van der Waals surface area contributed by atoms with Crippen LogP contribution in [0.5, 0.6) is 0 Å². The van der Waals surface area contributed by atoms with Crippen molar-refractivity contribution in [1.82, 2.24) is 25.2 Å². The summed E-state index contributed by atoms with van der Waals surface area (Å²) in [7, 11) is 0. The van der Waals surface area contributed by atoms with E-state index in [1.807, 2.05) is 49.4 Å². The number of aromatic nitrogens is 5. The molecule has 0 amide bonds. The van der Waals surface area contributed by atoms with E-state index in [4.69, 9.17) is 8.83 Å². The summed E-state index contributed by atoms with van der Waals surface area (Å²) < 4.78 is 12.8. The number of benzene rings is 1. The second-order valence-corrected chi connectivity index (χ2v) is 6.32. The van der Waals surface area contributed by atoms with Crippen molar-refractivity contribution in [3.63, 3.8) is 0 Å². The Morgan fingerprint density at radius 1 is 1.12 bits per heavy atom. The molecule has 0 unspecified atom stereocenters. The Hall–Kier alpha value is -2.87. The van der Waals surface area contributed by atoms with Crippen LogP contribution in [0, 0.1) is 6.92 Å². The van der Waals surface area contributed by atoms with Crippen LogP contribution < -0.4 is 0 Å². The molecule has 8 heteroatoms. The number of nitrogens with zero attached hydrogens (tertiary/aromatic N) is 5. The van der Waals surface area contributed by atoms with E-state index in [1.54, 1.807) is 10.9 Å². The van der Waals surface area contributed by atoms with Gasteiger partial charge in [-0.3, -0.25) is 0 Å². The van der Waals surface area contributed by atoms with Crippen molar-refractivity contribution < 1.29 is 8.83 Å². The highest BCUT2D eigenvalue weighted by atomic mass is 32.2. The molecule has 3 aromatic heterocycles. The molecule has 0 bridgehead atoms. The van der Waals surface area contributed by atoms with Crippen molar-refractivity contribution >= 4 is 11.8 Å². The molecule has 0 saturated carbocycles. The summed E-state index contributed by atoms with van der Waals surface area (Å²) in [6.07, 6.45) is 1.64. The lowest BCUT2D eigenvalue weighted by molar-refractivity contribution is 0.462. The SMILES string of the molecule is Cc1oc(-c2ccccc2)nc1CSc1nnnn1Cc1ccco1. The van der Waals surface area contributed by atoms with Crippen LogP contribution in [0.25, 0.3) is 11.5 Å². The third-order valence-corrected chi connectivity index (χ3v) is 4.60. The van der Waals surface area contributed by atoms with Gasteiger partial charge < -0.3 is 8.83 Å². The Kier molecular flexibility index (Phi) is 4.34. The zero-order valence-electron chi connectivity index (χ0n) is 13.5. The van der Waals surface area contributed by atoms with E-state index in [1.165, 1.54) is 11.8 Å². The van der Waals surface area contributed by atoms with E-state index in [-0.39, 0.29) is 0 Å². The Balaban J connectivity index is 1.47. The summed E-state index contributed by atoms with van der Waals surface area (Å²) >= 11 is 1.51. The number of thioether (sulfide) groups is 1. The van der Waals surface area contributed by atoms with Gasteiger partial charge in [0, 0.05) is 11.3 Å².